The molecule has 2 aromatic heterocycles. The molecule has 152 valence electrons. The third-order valence-corrected chi connectivity index (χ3v) is 5.18. The van der Waals surface area contributed by atoms with Crippen LogP contribution < -0.4 is 0 Å². The Kier molecular flexibility index (Phi) is 4.91. The van der Waals surface area contributed by atoms with Crippen LogP contribution in [0.3, 0.4) is 0 Å². The van der Waals surface area contributed by atoms with Crippen LogP contribution in [0.25, 0.3) is 5.76 Å². The van der Waals surface area contributed by atoms with E-state index in [-0.39, 0.29) is 23.4 Å². The van der Waals surface area contributed by atoms with Gasteiger partial charge in [-0.3, -0.25) is 19.7 Å². The van der Waals surface area contributed by atoms with Crippen molar-refractivity contribution >= 4 is 17.4 Å². The van der Waals surface area contributed by atoms with E-state index in [1.165, 1.54) is 23.1 Å². The number of aryl methyl sites for hydroxylation is 2. The van der Waals surface area contributed by atoms with Crippen LogP contribution in [0, 0.1) is 19.7 Å². The molecule has 0 unspecified atom stereocenters. The highest BCUT2D eigenvalue weighted by Crippen LogP contribution is 2.41. The number of benzene rings is 1. The number of likely N-dealkylation sites (tertiary alicyclic amines) is 1. The smallest absolute Gasteiger partial charge is 0.295 e. The Balaban J connectivity index is 1.92. The monoisotopic (exact) mass is 406 g/mol. The number of ketones is 1. The SMILES string of the molecule is Cc1n[nH]c(C)c1C(O)=C1C(=O)C(=O)N(Cc2cccnc2)[C@H]1c1ccccc1F. The lowest BCUT2D eigenvalue weighted by molar-refractivity contribution is -0.140. The maximum Gasteiger partial charge on any atom is 0.295 e. The van der Waals surface area contributed by atoms with Crippen molar-refractivity contribution in [1.82, 2.24) is 20.1 Å². The van der Waals surface area contributed by atoms with Crippen LogP contribution in [0.2, 0.25) is 0 Å². The molecule has 1 fully saturated rings. The first-order valence-corrected chi connectivity index (χ1v) is 9.33. The van der Waals surface area contributed by atoms with E-state index >= 15 is 0 Å². The lowest BCUT2D eigenvalue weighted by atomic mass is 9.94. The maximum absolute atomic E-state index is 14.8. The predicted octanol–water partition coefficient (Wildman–Crippen LogP) is 3.18. The van der Waals surface area contributed by atoms with Crippen molar-refractivity contribution in [2.45, 2.75) is 26.4 Å². The van der Waals surface area contributed by atoms with E-state index in [4.69, 9.17) is 0 Å². The molecule has 3 heterocycles. The fourth-order valence-electron chi connectivity index (χ4n) is 3.79. The Labute approximate surface area is 171 Å². The zero-order valence-electron chi connectivity index (χ0n) is 16.4. The maximum atomic E-state index is 14.8. The van der Waals surface area contributed by atoms with E-state index in [0.717, 1.165) is 0 Å². The highest BCUT2D eigenvalue weighted by molar-refractivity contribution is 6.46. The Morgan fingerprint density at radius 3 is 2.60 bits per heavy atom. The molecule has 1 amide bonds. The minimum Gasteiger partial charge on any atom is -0.507 e. The van der Waals surface area contributed by atoms with Crippen molar-refractivity contribution in [2.75, 3.05) is 0 Å². The molecule has 1 atom stereocenters. The van der Waals surface area contributed by atoms with Crippen molar-refractivity contribution in [3.05, 3.63) is 88.3 Å². The summed E-state index contributed by atoms with van der Waals surface area (Å²) in [5.41, 5.74) is 1.97. The number of halogens is 1. The molecular weight excluding hydrogens is 387 g/mol. The summed E-state index contributed by atoms with van der Waals surface area (Å²) in [6.45, 7) is 3.40. The summed E-state index contributed by atoms with van der Waals surface area (Å²) >= 11 is 0. The summed E-state index contributed by atoms with van der Waals surface area (Å²) < 4.78 is 14.8. The molecule has 1 aromatic carbocycles. The first kappa shape index (κ1) is 19.5. The van der Waals surface area contributed by atoms with Crippen LogP contribution in [-0.2, 0) is 16.1 Å². The molecule has 0 aliphatic carbocycles. The number of carbonyl (C=O) groups is 2. The number of carbonyl (C=O) groups excluding carboxylic acids is 2. The van der Waals surface area contributed by atoms with Gasteiger partial charge in [-0.1, -0.05) is 24.3 Å². The Morgan fingerprint density at radius 2 is 1.97 bits per heavy atom. The number of nitrogens with zero attached hydrogens (tertiary/aromatic N) is 3. The largest absolute Gasteiger partial charge is 0.507 e. The van der Waals surface area contributed by atoms with Gasteiger partial charge in [0.1, 0.15) is 11.6 Å². The molecule has 4 rings (SSSR count). The molecular formula is C22H19FN4O3. The summed E-state index contributed by atoms with van der Waals surface area (Å²) in [6, 6.07) is 8.29. The number of aliphatic hydroxyl groups excluding tert-OH is 1. The van der Waals surface area contributed by atoms with Gasteiger partial charge in [0.25, 0.3) is 11.7 Å². The molecule has 1 aliphatic rings. The third kappa shape index (κ3) is 3.16. The molecule has 1 aliphatic heterocycles. The van der Waals surface area contributed by atoms with Gasteiger partial charge in [-0.2, -0.15) is 5.10 Å². The number of aliphatic hydroxyl groups is 1. The number of aromatic amines is 1. The van der Waals surface area contributed by atoms with E-state index < -0.39 is 23.5 Å². The number of aromatic nitrogens is 3. The highest BCUT2D eigenvalue weighted by Gasteiger charge is 2.47. The fraction of sp³-hybridized carbons (Fsp3) is 0.182. The molecule has 8 heteroatoms. The van der Waals surface area contributed by atoms with Gasteiger partial charge >= 0.3 is 0 Å². The van der Waals surface area contributed by atoms with E-state index in [9.17, 15) is 19.1 Å². The van der Waals surface area contributed by atoms with Gasteiger partial charge < -0.3 is 10.0 Å². The van der Waals surface area contributed by atoms with Crippen LogP contribution >= 0.6 is 0 Å². The molecule has 0 saturated carbocycles. The minimum absolute atomic E-state index is 0.0392. The second kappa shape index (κ2) is 7.55. The summed E-state index contributed by atoms with van der Waals surface area (Å²) in [5, 5.41) is 17.8. The second-order valence-corrected chi connectivity index (χ2v) is 7.12. The molecule has 0 bridgehead atoms. The summed E-state index contributed by atoms with van der Waals surface area (Å²) in [6.07, 6.45) is 3.17. The summed E-state index contributed by atoms with van der Waals surface area (Å²) in [7, 11) is 0. The average Bonchev–Trinajstić information content (AvgIpc) is 3.20. The topological polar surface area (TPSA) is 99.2 Å². The van der Waals surface area contributed by atoms with Gasteiger partial charge in [-0.05, 0) is 31.5 Å². The Morgan fingerprint density at radius 1 is 1.20 bits per heavy atom. The normalized spacial score (nSPS) is 18.2. The molecule has 0 spiro atoms. The number of H-pyrrole nitrogens is 1. The molecule has 7 nitrogen and oxygen atoms in total. The summed E-state index contributed by atoms with van der Waals surface area (Å²) in [4.78, 5) is 31.2. The van der Waals surface area contributed by atoms with E-state index in [1.54, 1.807) is 44.4 Å². The van der Waals surface area contributed by atoms with Crippen LogP contribution in [0.5, 0.6) is 0 Å². The van der Waals surface area contributed by atoms with Crippen molar-refractivity contribution in [3.8, 4) is 0 Å². The van der Waals surface area contributed by atoms with Crippen LogP contribution in [0.4, 0.5) is 4.39 Å². The van der Waals surface area contributed by atoms with E-state index in [0.29, 0.717) is 22.5 Å². The summed E-state index contributed by atoms with van der Waals surface area (Å²) in [5.74, 6) is -2.64. The van der Waals surface area contributed by atoms with Crippen LogP contribution in [-0.4, -0.2) is 36.9 Å². The number of pyridine rings is 1. The van der Waals surface area contributed by atoms with Crippen LogP contribution in [0.15, 0.2) is 54.4 Å². The number of rotatable bonds is 4. The van der Waals surface area contributed by atoms with Gasteiger partial charge in [0.15, 0.2) is 0 Å². The number of Topliss-reactive ketones (excluding diaryl/α,β-unsaturated/α-hetero) is 1. The standard InChI is InChI=1S/C22H19FN4O3/c1-12-17(13(2)26-25-12)20(28)18-19(15-7-3-4-8-16(15)23)27(22(30)21(18)29)11-14-6-5-9-24-10-14/h3-10,19,28H,11H2,1-2H3,(H,25,26)/t19-/m0/s1. The van der Waals surface area contributed by atoms with Gasteiger partial charge in [0.05, 0.1) is 22.9 Å². The van der Waals surface area contributed by atoms with Crippen molar-refractivity contribution in [1.29, 1.82) is 0 Å². The Bertz CT molecular complexity index is 1150. The molecule has 2 N–H and O–H groups in total. The third-order valence-electron chi connectivity index (χ3n) is 5.18. The van der Waals surface area contributed by atoms with Gasteiger partial charge in [0, 0.05) is 30.2 Å². The van der Waals surface area contributed by atoms with E-state index in [1.807, 2.05) is 0 Å². The van der Waals surface area contributed by atoms with Gasteiger partial charge in [-0.25, -0.2) is 4.39 Å². The van der Waals surface area contributed by atoms with Crippen molar-refractivity contribution in [2.24, 2.45) is 0 Å². The first-order valence-electron chi connectivity index (χ1n) is 9.33. The minimum atomic E-state index is -1.08. The zero-order chi connectivity index (χ0) is 21.4. The molecule has 3 aromatic rings. The molecule has 30 heavy (non-hydrogen) atoms. The number of amides is 1. The lowest BCUT2D eigenvalue weighted by Crippen LogP contribution is -2.29. The number of hydrogen-bond acceptors (Lipinski definition) is 5. The lowest BCUT2D eigenvalue weighted by Gasteiger charge is -2.25. The van der Waals surface area contributed by atoms with Gasteiger partial charge in [-0.15, -0.1) is 0 Å². The average molecular weight is 406 g/mol. The van der Waals surface area contributed by atoms with Crippen molar-refractivity contribution < 1.29 is 19.1 Å². The van der Waals surface area contributed by atoms with Crippen LogP contribution in [0.1, 0.15) is 34.1 Å². The molecule has 0 radical (unpaired) electrons. The number of hydrogen-bond donors (Lipinski definition) is 2. The highest BCUT2D eigenvalue weighted by atomic mass is 19.1. The number of nitrogens with one attached hydrogen (secondary N) is 1. The van der Waals surface area contributed by atoms with Gasteiger partial charge in [0.2, 0.25) is 0 Å². The Hall–Kier alpha value is -3.81. The van der Waals surface area contributed by atoms with Crippen molar-refractivity contribution in [3.63, 3.8) is 0 Å². The van der Waals surface area contributed by atoms with E-state index in [2.05, 4.69) is 15.2 Å². The fourth-order valence-corrected chi connectivity index (χ4v) is 3.79. The predicted molar refractivity (Wildman–Crippen MR) is 107 cm³/mol. The zero-order valence-corrected chi connectivity index (χ0v) is 16.4. The molecule has 1 saturated heterocycles. The second-order valence-electron chi connectivity index (χ2n) is 7.12. The quantitative estimate of drug-likeness (QED) is 0.394. The first-order chi connectivity index (χ1) is 14.4.